The second-order valence-electron chi connectivity index (χ2n) is 5.74. The zero-order valence-corrected chi connectivity index (χ0v) is 11.7. The Labute approximate surface area is 118 Å². The van der Waals surface area contributed by atoms with E-state index in [9.17, 15) is 14.4 Å². The monoisotopic (exact) mass is 282 g/mol. The molecule has 0 radical (unpaired) electrons. The lowest BCUT2D eigenvalue weighted by Crippen LogP contribution is -2.45. The largest absolute Gasteiger partial charge is 0.480 e. The van der Waals surface area contributed by atoms with E-state index in [1.54, 1.807) is 4.90 Å². The third kappa shape index (κ3) is 4.51. The molecule has 1 aliphatic heterocycles. The number of likely N-dealkylation sites (tertiary alicyclic amines) is 1. The van der Waals surface area contributed by atoms with Gasteiger partial charge in [0.05, 0.1) is 6.54 Å². The van der Waals surface area contributed by atoms with Crippen LogP contribution < -0.4 is 0 Å². The van der Waals surface area contributed by atoms with E-state index in [1.807, 2.05) is 0 Å². The van der Waals surface area contributed by atoms with Gasteiger partial charge in [-0.25, -0.2) is 0 Å². The van der Waals surface area contributed by atoms with Crippen molar-refractivity contribution >= 4 is 17.8 Å². The fourth-order valence-corrected chi connectivity index (χ4v) is 2.50. The van der Waals surface area contributed by atoms with E-state index in [-0.39, 0.29) is 24.9 Å². The van der Waals surface area contributed by atoms with Gasteiger partial charge in [-0.3, -0.25) is 14.4 Å². The van der Waals surface area contributed by atoms with Gasteiger partial charge < -0.3 is 14.9 Å². The lowest BCUT2D eigenvalue weighted by Gasteiger charge is -2.25. The van der Waals surface area contributed by atoms with Crippen LogP contribution in [0.4, 0.5) is 0 Å². The van der Waals surface area contributed by atoms with Crippen LogP contribution in [-0.4, -0.2) is 58.9 Å². The summed E-state index contributed by atoms with van der Waals surface area (Å²) in [5, 5.41) is 8.89. The van der Waals surface area contributed by atoms with Crippen molar-refractivity contribution in [3.8, 4) is 0 Å². The molecule has 1 saturated carbocycles. The number of carbonyl (C=O) groups excluding carboxylic acids is 2. The number of amides is 2. The van der Waals surface area contributed by atoms with Crippen molar-refractivity contribution in [2.24, 2.45) is 5.92 Å². The van der Waals surface area contributed by atoms with Crippen LogP contribution in [0.5, 0.6) is 0 Å². The summed E-state index contributed by atoms with van der Waals surface area (Å²) < 4.78 is 0. The van der Waals surface area contributed by atoms with Crippen LogP contribution in [0, 0.1) is 5.92 Å². The van der Waals surface area contributed by atoms with Crippen molar-refractivity contribution < 1.29 is 19.5 Å². The van der Waals surface area contributed by atoms with Gasteiger partial charge in [0.1, 0.15) is 6.54 Å². The molecule has 0 atom stereocenters. The quantitative estimate of drug-likeness (QED) is 0.778. The molecule has 112 valence electrons. The molecule has 0 aromatic rings. The molecule has 0 unspecified atom stereocenters. The van der Waals surface area contributed by atoms with E-state index >= 15 is 0 Å². The zero-order chi connectivity index (χ0) is 14.5. The molecule has 20 heavy (non-hydrogen) atoms. The summed E-state index contributed by atoms with van der Waals surface area (Å²) in [5.74, 6) is -0.786. The fourth-order valence-electron chi connectivity index (χ4n) is 2.50. The predicted octanol–water partition coefficient (Wildman–Crippen LogP) is 0.712. The van der Waals surface area contributed by atoms with Crippen molar-refractivity contribution in [3.63, 3.8) is 0 Å². The van der Waals surface area contributed by atoms with Crippen LogP contribution in [0.1, 0.15) is 38.5 Å². The van der Waals surface area contributed by atoms with E-state index in [1.165, 1.54) is 4.90 Å². The average molecular weight is 282 g/mol. The molecule has 2 rings (SSSR count). The first kappa shape index (κ1) is 14.8. The molecule has 0 spiro atoms. The van der Waals surface area contributed by atoms with Crippen molar-refractivity contribution in [1.82, 2.24) is 9.80 Å². The average Bonchev–Trinajstić information content (AvgIpc) is 3.19. The van der Waals surface area contributed by atoms with Crippen molar-refractivity contribution in [1.29, 1.82) is 0 Å². The first-order valence-electron chi connectivity index (χ1n) is 7.33. The van der Waals surface area contributed by atoms with E-state index in [0.29, 0.717) is 25.4 Å². The van der Waals surface area contributed by atoms with Crippen molar-refractivity contribution in [2.45, 2.75) is 38.5 Å². The maximum atomic E-state index is 12.2. The van der Waals surface area contributed by atoms with E-state index in [0.717, 1.165) is 32.1 Å². The number of aliphatic carboxylic acids is 1. The second-order valence-corrected chi connectivity index (χ2v) is 5.74. The number of hydrogen-bond acceptors (Lipinski definition) is 3. The molecule has 1 saturated heterocycles. The first-order valence-corrected chi connectivity index (χ1v) is 7.33. The summed E-state index contributed by atoms with van der Waals surface area (Å²) in [6.07, 6.45) is 5.43. The minimum absolute atomic E-state index is 0.0116. The smallest absolute Gasteiger partial charge is 0.323 e. The summed E-state index contributed by atoms with van der Waals surface area (Å²) in [4.78, 5) is 37.9. The van der Waals surface area contributed by atoms with Gasteiger partial charge in [-0.05, 0) is 31.6 Å². The molecular formula is C14H22N2O4. The Morgan fingerprint density at radius 3 is 2.65 bits per heavy atom. The highest BCUT2D eigenvalue weighted by Gasteiger charge is 2.29. The van der Waals surface area contributed by atoms with Gasteiger partial charge in [0.25, 0.3) is 0 Å². The molecule has 0 aromatic carbocycles. The van der Waals surface area contributed by atoms with Crippen LogP contribution in [0.2, 0.25) is 0 Å². The third-order valence-electron chi connectivity index (χ3n) is 3.85. The van der Waals surface area contributed by atoms with E-state index in [2.05, 4.69) is 0 Å². The number of hydrogen-bond donors (Lipinski definition) is 1. The van der Waals surface area contributed by atoms with Crippen molar-refractivity contribution in [2.75, 3.05) is 26.2 Å². The number of carbonyl (C=O) groups is 3. The number of carboxylic acids is 1. The van der Waals surface area contributed by atoms with Gasteiger partial charge in [-0.15, -0.1) is 0 Å². The van der Waals surface area contributed by atoms with Crippen LogP contribution >= 0.6 is 0 Å². The van der Waals surface area contributed by atoms with Crippen molar-refractivity contribution in [3.05, 3.63) is 0 Å². The van der Waals surface area contributed by atoms with Gasteiger partial charge >= 0.3 is 5.97 Å². The minimum atomic E-state index is -0.999. The molecule has 0 aromatic heterocycles. The Balaban J connectivity index is 1.91. The Morgan fingerprint density at radius 2 is 2.00 bits per heavy atom. The fraction of sp³-hybridized carbons (Fsp3) is 0.786. The maximum absolute atomic E-state index is 12.2. The number of nitrogens with zero attached hydrogens (tertiary/aromatic N) is 2. The predicted molar refractivity (Wildman–Crippen MR) is 72.0 cm³/mol. The SMILES string of the molecule is O=C(O)CN(CC1CC1)C(=O)CN1CCCCCC1=O. The Kier molecular flexibility index (Phi) is 4.98. The minimum Gasteiger partial charge on any atom is -0.480 e. The normalized spacial score (nSPS) is 19.6. The Bertz CT molecular complexity index is 393. The second kappa shape index (κ2) is 6.72. The molecule has 1 heterocycles. The van der Waals surface area contributed by atoms with Gasteiger partial charge in [0.15, 0.2) is 0 Å². The lowest BCUT2D eigenvalue weighted by atomic mass is 10.2. The van der Waals surface area contributed by atoms with Crippen LogP contribution in [0.15, 0.2) is 0 Å². The van der Waals surface area contributed by atoms with E-state index < -0.39 is 5.97 Å². The molecule has 1 N–H and O–H groups in total. The highest BCUT2D eigenvalue weighted by Crippen LogP contribution is 2.29. The zero-order valence-electron chi connectivity index (χ0n) is 11.7. The third-order valence-corrected chi connectivity index (χ3v) is 3.85. The molecule has 2 aliphatic rings. The molecule has 0 bridgehead atoms. The summed E-state index contributed by atoms with van der Waals surface area (Å²) in [5.41, 5.74) is 0. The molecule has 2 fully saturated rings. The topological polar surface area (TPSA) is 77.9 Å². The highest BCUT2D eigenvalue weighted by atomic mass is 16.4. The van der Waals surface area contributed by atoms with Crippen LogP contribution in [0.25, 0.3) is 0 Å². The molecule has 6 heteroatoms. The standard InChI is InChI=1S/C14H22N2O4/c17-12-4-2-1-3-7-15(12)9-13(18)16(10-14(19)20)8-11-5-6-11/h11H,1-10H2,(H,19,20). The number of carboxylic acid groups (broad SMARTS) is 1. The number of rotatable bonds is 6. The van der Waals surface area contributed by atoms with Gasteiger partial charge in [-0.2, -0.15) is 0 Å². The highest BCUT2D eigenvalue weighted by molar-refractivity contribution is 5.87. The van der Waals surface area contributed by atoms with Crippen LogP contribution in [-0.2, 0) is 14.4 Å². The molecule has 1 aliphatic carbocycles. The lowest BCUT2D eigenvalue weighted by molar-refractivity contribution is -0.146. The molecule has 2 amide bonds. The molecule has 6 nitrogen and oxygen atoms in total. The van der Waals surface area contributed by atoms with Gasteiger partial charge in [0, 0.05) is 19.5 Å². The Morgan fingerprint density at radius 1 is 1.25 bits per heavy atom. The van der Waals surface area contributed by atoms with Gasteiger partial charge in [-0.1, -0.05) is 6.42 Å². The first-order chi connectivity index (χ1) is 9.56. The summed E-state index contributed by atoms with van der Waals surface area (Å²) in [6.45, 7) is 0.873. The summed E-state index contributed by atoms with van der Waals surface area (Å²) >= 11 is 0. The van der Waals surface area contributed by atoms with Gasteiger partial charge in [0.2, 0.25) is 11.8 Å². The van der Waals surface area contributed by atoms with E-state index in [4.69, 9.17) is 5.11 Å². The maximum Gasteiger partial charge on any atom is 0.323 e. The molecular weight excluding hydrogens is 260 g/mol. The van der Waals surface area contributed by atoms with Crippen LogP contribution in [0.3, 0.4) is 0 Å². The Hall–Kier alpha value is -1.59. The summed E-state index contributed by atoms with van der Waals surface area (Å²) in [7, 11) is 0. The summed E-state index contributed by atoms with van der Waals surface area (Å²) in [6, 6.07) is 0.